The molecule has 1 aliphatic heterocycles. The van der Waals surface area contributed by atoms with E-state index in [0.717, 1.165) is 12.6 Å². The second-order valence-electron chi connectivity index (χ2n) is 5.33. The number of hydrogen-bond acceptors (Lipinski definition) is 2. The van der Waals surface area contributed by atoms with Gasteiger partial charge >= 0.3 is 0 Å². The summed E-state index contributed by atoms with van der Waals surface area (Å²) in [5.41, 5.74) is 1.43. The predicted octanol–water partition coefficient (Wildman–Crippen LogP) is 2.81. The Morgan fingerprint density at radius 3 is 2.50 bits per heavy atom. The van der Waals surface area contributed by atoms with Gasteiger partial charge in [0.2, 0.25) is 0 Å². The molecule has 1 aliphatic rings. The zero-order valence-corrected chi connectivity index (χ0v) is 11.4. The van der Waals surface area contributed by atoms with Gasteiger partial charge in [-0.05, 0) is 53.1 Å². The highest BCUT2D eigenvalue weighted by Crippen LogP contribution is 2.11. The highest BCUT2D eigenvalue weighted by Gasteiger charge is 2.18. The van der Waals surface area contributed by atoms with Crippen LogP contribution in [0.5, 0.6) is 0 Å². The Morgan fingerprint density at radius 1 is 1.38 bits per heavy atom. The van der Waals surface area contributed by atoms with Crippen molar-refractivity contribution in [3.05, 3.63) is 11.6 Å². The fraction of sp³-hybridized carbons (Fsp3) is 0.857. The molecule has 0 saturated carbocycles. The van der Waals surface area contributed by atoms with Gasteiger partial charge in [-0.2, -0.15) is 0 Å². The average Bonchev–Trinajstić information content (AvgIpc) is 2.28. The quantitative estimate of drug-likeness (QED) is 0.722. The van der Waals surface area contributed by atoms with Crippen LogP contribution in [0.15, 0.2) is 11.6 Å². The Morgan fingerprint density at radius 2 is 2.00 bits per heavy atom. The third-order valence-corrected chi connectivity index (χ3v) is 3.48. The van der Waals surface area contributed by atoms with Gasteiger partial charge in [0.25, 0.3) is 0 Å². The van der Waals surface area contributed by atoms with Crippen LogP contribution in [0.25, 0.3) is 0 Å². The summed E-state index contributed by atoms with van der Waals surface area (Å²) in [4.78, 5) is 2.56. The standard InChI is InChI=1S/C14H28N2/c1-5-13(4)15-14-7-10-16(11-8-14)9-6-12(2)3/h6,13-15H,5,7-11H2,1-4H3. The van der Waals surface area contributed by atoms with Crippen molar-refractivity contribution in [2.45, 2.75) is 59.0 Å². The molecule has 1 rings (SSSR count). The minimum atomic E-state index is 0.675. The van der Waals surface area contributed by atoms with Crippen molar-refractivity contribution in [2.75, 3.05) is 19.6 Å². The van der Waals surface area contributed by atoms with Gasteiger partial charge in [0.15, 0.2) is 0 Å². The molecule has 0 aliphatic carbocycles. The fourth-order valence-corrected chi connectivity index (χ4v) is 2.11. The Kier molecular flexibility index (Phi) is 6.07. The van der Waals surface area contributed by atoms with E-state index in [9.17, 15) is 0 Å². The SMILES string of the molecule is CCC(C)NC1CCN(CC=C(C)C)CC1. The van der Waals surface area contributed by atoms with Gasteiger partial charge in [0, 0.05) is 18.6 Å². The maximum Gasteiger partial charge on any atom is 0.0165 e. The van der Waals surface area contributed by atoms with E-state index in [2.05, 4.69) is 44.0 Å². The summed E-state index contributed by atoms with van der Waals surface area (Å²) in [5, 5.41) is 3.71. The van der Waals surface area contributed by atoms with Crippen molar-refractivity contribution in [3.63, 3.8) is 0 Å². The van der Waals surface area contributed by atoms with E-state index in [1.165, 1.54) is 37.9 Å². The molecule has 1 fully saturated rings. The summed E-state index contributed by atoms with van der Waals surface area (Å²) in [6.45, 7) is 12.5. The predicted molar refractivity (Wildman–Crippen MR) is 71.8 cm³/mol. The van der Waals surface area contributed by atoms with Crippen LogP contribution in [0, 0.1) is 0 Å². The topological polar surface area (TPSA) is 15.3 Å². The van der Waals surface area contributed by atoms with Gasteiger partial charge in [0.1, 0.15) is 0 Å². The zero-order chi connectivity index (χ0) is 12.0. The van der Waals surface area contributed by atoms with Gasteiger partial charge in [-0.1, -0.05) is 18.6 Å². The molecular weight excluding hydrogens is 196 g/mol. The van der Waals surface area contributed by atoms with Gasteiger partial charge in [-0.15, -0.1) is 0 Å². The molecule has 0 aromatic heterocycles. The molecule has 0 radical (unpaired) electrons. The van der Waals surface area contributed by atoms with Crippen LogP contribution < -0.4 is 5.32 Å². The van der Waals surface area contributed by atoms with E-state index >= 15 is 0 Å². The third kappa shape index (κ3) is 5.13. The molecule has 1 atom stereocenters. The highest BCUT2D eigenvalue weighted by molar-refractivity contribution is 4.95. The first-order valence-corrected chi connectivity index (χ1v) is 6.73. The highest BCUT2D eigenvalue weighted by atomic mass is 15.1. The van der Waals surface area contributed by atoms with E-state index in [1.807, 2.05) is 0 Å². The minimum Gasteiger partial charge on any atom is -0.311 e. The smallest absolute Gasteiger partial charge is 0.0165 e. The summed E-state index contributed by atoms with van der Waals surface area (Å²) in [6.07, 6.45) is 6.18. The Bertz CT molecular complexity index is 211. The lowest BCUT2D eigenvalue weighted by molar-refractivity contribution is 0.207. The van der Waals surface area contributed by atoms with Gasteiger partial charge in [-0.3, -0.25) is 4.90 Å². The molecule has 0 spiro atoms. The molecule has 16 heavy (non-hydrogen) atoms. The second kappa shape index (κ2) is 7.08. The molecule has 2 nitrogen and oxygen atoms in total. The van der Waals surface area contributed by atoms with Gasteiger partial charge in [-0.25, -0.2) is 0 Å². The van der Waals surface area contributed by atoms with Crippen LogP contribution in [0.3, 0.4) is 0 Å². The van der Waals surface area contributed by atoms with Crippen molar-refractivity contribution in [2.24, 2.45) is 0 Å². The van der Waals surface area contributed by atoms with E-state index in [0.29, 0.717) is 6.04 Å². The molecule has 1 unspecified atom stereocenters. The number of nitrogens with one attached hydrogen (secondary N) is 1. The lowest BCUT2D eigenvalue weighted by atomic mass is 10.0. The normalized spacial score (nSPS) is 20.8. The van der Waals surface area contributed by atoms with Crippen LogP contribution in [0.1, 0.15) is 47.0 Å². The van der Waals surface area contributed by atoms with E-state index in [-0.39, 0.29) is 0 Å². The zero-order valence-electron chi connectivity index (χ0n) is 11.4. The molecule has 2 heteroatoms. The molecule has 0 bridgehead atoms. The minimum absolute atomic E-state index is 0.675. The summed E-state index contributed by atoms with van der Waals surface area (Å²) in [6, 6.07) is 1.42. The Hall–Kier alpha value is -0.340. The van der Waals surface area contributed by atoms with Crippen molar-refractivity contribution in [1.29, 1.82) is 0 Å². The first-order chi connectivity index (χ1) is 7.61. The molecular formula is C14H28N2. The van der Waals surface area contributed by atoms with E-state index in [4.69, 9.17) is 0 Å². The van der Waals surface area contributed by atoms with Crippen LogP contribution in [-0.4, -0.2) is 36.6 Å². The van der Waals surface area contributed by atoms with Crippen molar-refractivity contribution in [3.8, 4) is 0 Å². The Balaban J connectivity index is 2.21. The molecule has 0 aromatic carbocycles. The monoisotopic (exact) mass is 224 g/mol. The molecule has 1 N–H and O–H groups in total. The van der Waals surface area contributed by atoms with Crippen molar-refractivity contribution in [1.82, 2.24) is 10.2 Å². The van der Waals surface area contributed by atoms with Crippen LogP contribution in [0.2, 0.25) is 0 Å². The lowest BCUT2D eigenvalue weighted by Gasteiger charge is -2.33. The fourth-order valence-electron chi connectivity index (χ4n) is 2.11. The molecule has 94 valence electrons. The molecule has 1 saturated heterocycles. The number of piperidine rings is 1. The number of hydrogen-bond donors (Lipinski definition) is 1. The van der Waals surface area contributed by atoms with Gasteiger partial charge in [0.05, 0.1) is 0 Å². The van der Waals surface area contributed by atoms with Gasteiger partial charge < -0.3 is 5.32 Å². The molecule has 1 heterocycles. The van der Waals surface area contributed by atoms with E-state index < -0.39 is 0 Å². The second-order valence-corrected chi connectivity index (χ2v) is 5.33. The first-order valence-electron chi connectivity index (χ1n) is 6.73. The Labute approximate surface area is 101 Å². The number of allylic oxidation sites excluding steroid dienone is 1. The largest absolute Gasteiger partial charge is 0.311 e. The first kappa shape index (κ1) is 13.7. The van der Waals surface area contributed by atoms with Crippen molar-refractivity contribution < 1.29 is 0 Å². The molecule has 0 amide bonds. The van der Waals surface area contributed by atoms with Crippen LogP contribution in [-0.2, 0) is 0 Å². The maximum absolute atomic E-state index is 3.71. The summed E-state index contributed by atoms with van der Waals surface area (Å²) < 4.78 is 0. The number of likely N-dealkylation sites (tertiary alicyclic amines) is 1. The third-order valence-electron chi connectivity index (χ3n) is 3.48. The van der Waals surface area contributed by atoms with Crippen LogP contribution >= 0.6 is 0 Å². The number of nitrogens with zero attached hydrogens (tertiary/aromatic N) is 1. The maximum atomic E-state index is 3.71. The summed E-state index contributed by atoms with van der Waals surface area (Å²) in [5.74, 6) is 0. The average molecular weight is 224 g/mol. The summed E-state index contributed by atoms with van der Waals surface area (Å²) in [7, 11) is 0. The van der Waals surface area contributed by atoms with E-state index in [1.54, 1.807) is 0 Å². The number of rotatable bonds is 5. The van der Waals surface area contributed by atoms with Crippen LogP contribution in [0.4, 0.5) is 0 Å². The molecule has 0 aromatic rings. The lowest BCUT2D eigenvalue weighted by Crippen LogP contribution is -2.45. The van der Waals surface area contributed by atoms with Crippen molar-refractivity contribution >= 4 is 0 Å². The summed E-state index contributed by atoms with van der Waals surface area (Å²) >= 11 is 0.